The lowest BCUT2D eigenvalue weighted by atomic mass is 10.3. The third kappa shape index (κ3) is 2.38. The number of carbonyl (C=O) groups is 1. The van der Waals surface area contributed by atoms with Crippen molar-refractivity contribution < 1.29 is 18.3 Å². The van der Waals surface area contributed by atoms with E-state index >= 15 is 0 Å². The van der Waals surface area contributed by atoms with Crippen molar-refractivity contribution in [2.75, 3.05) is 11.5 Å². The molecule has 1 aliphatic rings. The van der Waals surface area contributed by atoms with Gasteiger partial charge in [0.2, 0.25) is 0 Å². The van der Waals surface area contributed by atoms with Crippen LogP contribution < -0.4 is 5.32 Å². The van der Waals surface area contributed by atoms with Gasteiger partial charge in [-0.1, -0.05) is 0 Å². The van der Waals surface area contributed by atoms with Crippen LogP contribution in [0.4, 0.5) is 4.79 Å². The van der Waals surface area contributed by atoms with Gasteiger partial charge in [-0.25, -0.2) is 13.2 Å². The van der Waals surface area contributed by atoms with E-state index in [1.54, 1.807) is 0 Å². The van der Waals surface area contributed by atoms with Crippen LogP contribution in [0.25, 0.3) is 0 Å². The highest BCUT2D eigenvalue weighted by Crippen LogP contribution is 2.10. The van der Waals surface area contributed by atoms with Crippen LogP contribution in [0.1, 0.15) is 6.42 Å². The van der Waals surface area contributed by atoms with E-state index in [0.717, 1.165) is 0 Å². The Labute approximate surface area is 64.3 Å². The molecule has 0 aromatic carbocycles. The molecule has 1 rings (SSSR count). The topological polar surface area (TPSA) is 83.5 Å². The quantitative estimate of drug-likeness (QED) is 0.565. The second kappa shape index (κ2) is 2.69. The molecule has 0 bridgehead atoms. The summed E-state index contributed by atoms with van der Waals surface area (Å²) in [4.78, 5) is 10.1. The van der Waals surface area contributed by atoms with Crippen molar-refractivity contribution >= 4 is 15.9 Å². The Kier molecular flexibility index (Phi) is 2.03. The summed E-state index contributed by atoms with van der Waals surface area (Å²) in [6.45, 7) is 0. The van der Waals surface area contributed by atoms with E-state index in [9.17, 15) is 13.2 Å². The van der Waals surface area contributed by atoms with Crippen molar-refractivity contribution in [1.82, 2.24) is 5.32 Å². The smallest absolute Gasteiger partial charge is 0.404 e. The number of nitrogens with one attached hydrogen (secondary N) is 1. The Hall–Kier alpha value is -0.780. The number of hydrogen-bond acceptors (Lipinski definition) is 3. The van der Waals surface area contributed by atoms with Gasteiger partial charge in [0.1, 0.15) is 0 Å². The maximum Gasteiger partial charge on any atom is 0.404 e. The van der Waals surface area contributed by atoms with E-state index in [1.807, 2.05) is 0 Å². The molecule has 0 spiro atoms. The zero-order valence-electron chi connectivity index (χ0n) is 5.78. The first-order chi connectivity index (χ1) is 4.99. The fraction of sp³-hybridized carbons (Fsp3) is 0.800. The summed E-state index contributed by atoms with van der Waals surface area (Å²) in [5, 5.41) is 10.4. The van der Waals surface area contributed by atoms with Gasteiger partial charge in [-0.3, -0.25) is 0 Å². The monoisotopic (exact) mass is 179 g/mol. The van der Waals surface area contributed by atoms with Crippen LogP contribution in [0, 0.1) is 0 Å². The van der Waals surface area contributed by atoms with Crippen LogP contribution in [0.2, 0.25) is 0 Å². The summed E-state index contributed by atoms with van der Waals surface area (Å²) in [6, 6.07) is -0.405. The number of hydrogen-bond donors (Lipinski definition) is 2. The van der Waals surface area contributed by atoms with E-state index in [4.69, 9.17) is 5.11 Å². The van der Waals surface area contributed by atoms with Gasteiger partial charge in [0, 0.05) is 6.04 Å². The van der Waals surface area contributed by atoms with Gasteiger partial charge in [0.25, 0.3) is 0 Å². The Morgan fingerprint density at radius 3 is 2.55 bits per heavy atom. The number of amides is 1. The first kappa shape index (κ1) is 8.32. The van der Waals surface area contributed by atoms with Crippen LogP contribution in [0.3, 0.4) is 0 Å². The summed E-state index contributed by atoms with van der Waals surface area (Å²) in [7, 11) is -2.97. The summed E-state index contributed by atoms with van der Waals surface area (Å²) in [6.07, 6.45) is -0.763. The highest BCUT2D eigenvalue weighted by molar-refractivity contribution is 7.91. The fourth-order valence-electron chi connectivity index (χ4n) is 1.08. The average Bonchev–Trinajstić information content (AvgIpc) is 2.08. The minimum atomic E-state index is -2.97. The molecule has 5 nitrogen and oxygen atoms in total. The van der Waals surface area contributed by atoms with E-state index in [1.165, 1.54) is 0 Å². The predicted octanol–water partition coefficient (Wildman–Crippen LogP) is -0.559. The normalized spacial score (nSPS) is 28.2. The van der Waals surface area contributed by atoms with Crippen LogP contribution >= 0.6 is 0 Å². The minimum absolute atomic E-state index is 0.0563. The molecule has 0 radical (unpaired) electrons. The van der Waals surface area contributed by atoms with E-state index in [2.05, 4.69) is 5.32 Å². The molecule has 11 heavy (non-hydrogen) atoms. The predicted molar refractivity (Wildman–Crippen MR) is 38.2 cm³/mol. The molecule has 6 heteroatoms. The molecule has 0 aromatic rings. The maximum atomic E-state index is 10.8. The van der Waals surface area contributed by atoms with Gasteiger partial charge in [0.15, 0.2) is 9.84 Å². The fourth-order valence-corrected chi connectivity index (χ4v) is 2.76. The molecule has 1 aliphatic heterocycles. The summed E-state index contributed by atoms with van der Waals surface area (Å²) in [5.74, 6) is 0.0389. The second-order valence-corrected chi connectivity index (χ2v) is 4.78. The molecule has 2 N–H and O–H groups in total. The average molecular weight is 179 g/mol. The van der Waals surface area contributed by atoms with Crippen molar-refractivity contribution in [3.05, 3.63) is 0 Å². The maximum absolute atomic E-state index is 10.8. The standard InChI is InChI=1S/C5H9NO4S/c7-5(8)6-4-1-2-11(9,10)3-4/h4,6H,1-3H2,(H,7,8)/t4-/m0/s1. The lowest BCUT2D eigenvalue weighted by molar-refractivity contribution is 0.191. The summed E-state index contributed by atoms with van der Waals surface area (Å²) < 4.78 is 21.6. The zero-order valence-corrected chi connectivity index (χ0v) is 6.60. The van der Waals surface area contributed by atoms with Crippen LogP contribution in [0.5, 0.6) is 0 Å². The van der Waals surface area contributed by atoms with E-state index in [-0.39, 0.29) is 11.5 Å². The molecule has 1 saturated heterocycles. The van der Waals surface area contributed by atoms with Crippen LogP contribution in [-0.4, -0.2) is 37.2 Å². The lowest BCUT2D eigenvalue weighted by Crippen LogP contribution is -2.34. The largest absolute Gasteiger partial charge is 0.465 e. The molecule has 1 atom stereocenters. The summed E-state index contributed by atoms with van der Waals surface area (Å²) >= 11 is 0. The van der Waals surface area contributed by atoms with Gasteiger partial charge in [0.05, 0.1) is 11.5 Å². The molecule has 1 amide bonds. The van der Waals surface area contributed by atoms with Crippen molar-refractivity contribution in [3.63, 3.8) is 0 Å². The highest BCUT2D eigenvalue weighted by atomic mass is 32.2. The minimum Gasteiger partial charge on any atom is -0.465 e. The molecule has 1 heterocycles. The molecular formula is C5H9NO4S. The van der Waals surface area contributed by atoms with Crippen molar-refractivity contribution in [1.29, 1.82) is 0 Å². The Balaban J connectivity index is 2.49. The van der Waals surface area contributed by atoms with Gasteiger partial charge in [-0.05, 0) is 6.42 Å². The number of sulfone groups is 1. The van der Waals surface area contributed by atoms with Gasteiger partial charge >= 0.3 is 6.09 Å². The second-order valence-electron chi connectivity index (χ2n) is 2.55. The van der Waals surface area contributed by atoms with E-state index in [0.29, 0.717) is 6.42 Å². The van der Waals surface area contributed by atoms with E-state index < -0.39 is 22.0 Å². The van der Waals surface area contributed by atoms with Crippen LogP contribution in [-0.2, 0) is 9.84 Å². The third-order valence-electron chi connectivity index (χ3n) is 1.56. The molecule has 0 unspecified atom stereocenters. The molecule has 0 aromatic heterocycles. The van der Waals surface area contributed by atoms with Gasteiger partial charge in [-0.2, -0.15) is 0 Å². The first-order valence-electron chi connectivity index (χ1n) is 3.19. The van der Waals surface area contributed by atoms with Crippen LogP contribution in [0.15, 0.2) is 0 Å². The first-order valence-corrected chi connectivity index (χ1v) is 5.01. The van der Waals surface area contributed by atoms with Gasteiger partial charge < -0.3 is 10.4 Å². The SMILES string of the molecule is O=C(O)N[C@H]1CCS(=O)(=O)C1. The van der Waals surface area contributed by atoms with Crippen molar-refractivity contribution in [2.24, 2.45) is 0 Å². The number of carboxylic acid groups (broad SMARTS) is 1. The van der Waals surface area contributed by atoms with Crippen molar-refractivity contribution in [3.8, 4) is 0 Å². The molecule has 1 fully saturated rings. The molecule has 64 valence electrons. The Bertz CT molecular complexity index is 258. The van der Waals surface area contributed by atoms with Crippen molar-refractivity contribution in [2.45, 2.75) is 12.5 Å². The Morgan fingerprint density at radius 1 is 1.55 bits per heavy atom. The van der Waals surface area contributed by atoms with Gasteiger partial charge in [-0.15, -0.1) is 0 Å². The molecular weight excluding hydrogens is 170 g/mol. The Morgan fingerprint density at radius 2 is 2.18 bits per heavy atom. The third-order valence-corrected chi connectivity index (χ3v) is 3.33. The molecule has 0 aliphatic carbocycles. The molecule has 0 saturated carbocycles. The number of rotatable bonds is 1. The summed E-state index contributed by atoms with van der Waals surface area (Å²) in [5.41, 5.74) is 0. The highest BCUT2D eigenvalue weighted by Gasteiger charge is 2.28. The lowest BCUT2D eigenvalue weighted by Gasteiger charge is -2.04. The zero-order chi connectivity index (χ0) is 8.48.